The van der Waals surface area contributed by atoms with Crippen molar-refractivity contribution in [1.82, 2.24) is 0 Å². The molecule has 1 aliphatic rings. The average Bonchev–Trinajstić information content (AvgIpc) is 2.46. The predicted octanol–water partition coefficient (Wildman–Crippen LogP) is 4.71. The largest absolute Gasteiger partial charge is 0.490 e. The summed E-state index contributed by atoms with van der Waals surface area (Å²) in [5, 5.41) is 8.65. The molecule has 1 N–H and O–H groups in total. The van der Waals surface area contributed by atoms with Crippen LogP contribution in [0.5, 0.6) is 5.75 Å². The Morgan fingerprint density at radius 1 is 1.29 bits per heavy atom. The van der Waals surface area contributed by atoms with Gasteiger partial charge in [-0.25, -0.2) is 8.78 Å². The molecule has 0 aromatic heterocycles. The molecule has 0 bridgehead atoms. The van der Waals surface area contributed by atoms with E-state index in [1.54, 1.807) is 0 Å². The van der Waals surface area contributed by atoms with Gasteiger partial charge in [-0.1, -0.05) is 22.0 Å². The molecule has 2 rings (SSSR count). The van der Waals surface area contributed by atoms with Crippen LogP contribution in [0.2, 0.25) is 0 Å². The molecule has 1 aromatic carbocycles. The van der Waals surface area contributed by atoms with Gasteiger partial charge in [-0.15, -0.1) is 0 Å². The third kappa shape index (κ3) is 4.65. The van der Waals surface area contributed by atoms with E-state index in [4.69, 9.17) is 9.84 Å². The molecule has 0 aliphatic heterocycles. The zero-order valence-corrected chi connectivity index (χ0v) is 13.7. The van der Waals surface area contributed by atoms with Gasteiger partial charge < -0.3 is 9.84 Å². The molecule has 1 aromatic rings. The fraction of sp³-hybridized carbons (Fsp3) is 0.625. The van der Waals surface area contributed by atoms with Crippen molar-refractivity contribution in [2.45, 2.75) is 51.1 Å². The van der Waals surface area contributed by atoms with Crippen molar-refractivity contribution in [2.24, 2.45) is 5.92 Å². The molecule has 2 nitrogen and oxygen atoms in total. The number of aliphatic hydroxyl groups excluding tert-OH is 1. The molecule has 0 heterocycles. The average molecular weight is 363 g/mol. The van der Waals surface area contributed by atoms with Crippen molar-refractivity contribution in [1.29, 1.82) is 0 Å². The lowest BCUT2D eigenvalue weighted by atomic mass is 9.83. The van der Waals surface area contributed by atoms with Crippen LogP contribution in [0.15, 0.2) is 22.7 Å². The molecule has 0 atom stereocenters. The van der Waals surface area contributed by atoms with E-state index in [0.29, 0.717) is 0 Å². The van der Waals surface area contributed by atoms with Crippen LogP contribution in [-0.4, -0.2) is 23.7 Å². The Morgan fingerprint density at radius 2 is 1.95 bits per heavy atom. The number of hydrogen-bond donors (Lipinski definition) is 1. The van der Waals surface area contributed by atoms with Gasteiger partial charge in [0, 0.05) is 16.5 Å². The number of benzene rings is 1. The predicted molar refractivity (Wildman–Crippen MR) is 81.9 cm³/mol. The van der Waals surface area contributed by atoms with Crippen molar-refractivity contribution in [2.75, 3.05) is 6.61 Å². The number of rotatable bonds is 5. The molecule has 0 radical (unpaired) electrons. The topological polar surface area (TPSA) is 29.5 Å². The SMILES string of the molecule is Cc1c(Br)cccc1O[C@H]1CC[C@H](CC(F)(F)CO)CC1. The number of alkyl halides is 2. The quantitative estimate of drug-likeness (QED) is 0.821. The van der Waals surface area contributed by atoms with Crippen LogP contribution < -0.4 is 4.74 Å². The summed E-state index contributed by atoms with van der Waals surface area (Å²) < 4.78 is 33.4. The van der Waals surface area contributed by atoms with Gasteiger partial charge in [0.15, 0.2) is 0 Å². The molecule has 1 aliphatic carbocycles. The molecule has 0 spiro atoms. The van der Waals surface area contributed by atoms with Gasteiger partial charge in [0.1, 0.15) is 12.4 Å². The highest BCUT2D eigenvalue weighted by atomic mass is 79.9. The third-order valence-corrected chi connectivity index (χ3v) is 4.98. The molecular weight excluding hydrogens is 342 g/mol. The smallest absolute Gasteiger partial charge is 0.270 e. The highest BCUT2D eigenvalue weighted by molar-refractivity contribution is 9.10. The van der Waals surface area contributed by atoms with Crippen molar-refractivity contribution in [3.05, 3.63) is 28.2 Å². The Balaban J connectivity index is 1.86. The van der Waals surface area contributed by atoms with E-state index in [1.165, 1.54) is 0 Å². The van der Waals surface area contributed by atoms with Crippen molar-refractivity contribution in [3.8, 4) is 5.75 Å². The van der Waals surface area contributed by atoms with Crippen LogP contribution in [0.3, 0.4) is 0 Å². The molecule has 5 heteroatoms. The minimum atomic E-state index is -2.95. The van der Waals surface area contributed by atoms with Crippen LogP contribution in [0.4, 0.5) is 8.78 Å². The number of aliphatic hydroxyl groups is 1. The van der Waals surface area contributed by atoms with E-state index in [9.17, 15) is 8.78 Å². The van der Waals surface area contributed by atoms with E-state index < -0.39 is 12.5 Å². The summed E-state index contributed by atoms with van der Waals surface area (Å²) in [6, 6.07) is 5.84. The lowest BCUT2D eigenvalue weighted by Crippen LogP contribution is -2.30. The van der Waals surface area contributed by atoms with Gasteiger partial charge in [-0.2, -0.15) is 0 Å². The zero-order valence-electron chi connectivity index (χ0n) is 12.1. The Hall–Kier alpha value is -0.680. The lowest BCUT2D eigenvalue weighted by Gasteiger charge is -2.31. The number of hydrogen-bond acceptors (Lipinski definition) is 2. The fourth-order valence-electron chi connectivity index (χ4n) is 2.84. The molecule has 118 valence electrons. The molecular formula is C16H21BrF2O2. The Bertz CT molecular complexity index is 471. The van der Waals surface area contributed by atoms with Gasteiger partial charge in [-0.3, -0.25) is 0 Å². The second-order valence-corrected chi connectivity index (χ2v) is 6.70. The van der Waals surface area contributed by atoms with Crippen molar-refractivity contribution >= 4 is 15.9 Å². The molecule has 1 saturated carbocycles. The summed E-state index contributed by atoms with van der Waals surface area (Å²) in [7, 11) is 0. The van der Waals surface area contributed by atoms with Crippen LogP contribution >= 0.6 is 15.9 Å². The minimum absolute atomic E-state index is 0.0180. The van der Waals surface area contributed by atoms with Gasteiger partial charge in [0.2, 0.25) is 0 Å². The number of ether oxygens (including phenoxy) is 1. The summed E-state index contributed by atoms with van der Waals surface area (Å²) in [5.74, 6) is -2.11. The van der Waals surface area contributed by atoms with E-state index in [1.807, 2.05) is 25.1 Å². The van der Waals surface area contributed by atoms with Gasteiger partial charge in [0.25, 0.3) is 5.92 Å². The molecule has 0 amide bonds. The van der Waals surface area contributed by atoms with E-state index in [2.05, 4.69) is 15.9 Å². The number of halogens is 3. The van der Waals surface area contributed by atoms with E-state index in [-0.39, 0.29) is 18.4 Å². The van der Waals surface area contributed by atoms with Gasteiger partial charge >= 0.3 is 0 Å². The maximum Gasteiger partial charge on any atom is 0.270 e. The monoisotopic (exact) mass is 362 g/mol. The Morgan fingerprint density at radius 3 is 2.57 bits per heavy atom. The maximum absolute atomic E-state index is 13.2. The second-order valence-electron chi connectivity index (χ2n) is 5.84. The third-order valence-electron chi connectivity index (χ3n) is 4.12. The molecule has 1 fully saturated rings. The maximum atomic E-state index is 13.2. The van der Waals surface area contributed by atoms with Gasteiger partial charge in [-0.05, 0) is 50.7 Å². The first-order valence-electron chi connectivity index (χ1n) is 7.32. The molecule has 0 unspecified atom stereocenters. The highest BCUT2D eigenvalue weighted by Gasteiger charge is 2.34. The minimum Gasteiger partial charge on any atom is -0.490 e. The van der Waals surface area contributed by atoms with Crippen molar-refractivity contribution in [3.63, 3.8) is 0 Å². The zero-order chi connectivity index (χ0) is 15.5. The van der Waals surface area contributed by atoms with Crippen LogP contribution in [-0.2, 0) is 0 Å². The second kappa shape index (κ2) is 7.05. The molecule has 21 heavy (non-hydrogen) atoms. The Labute approximate surface area is 132 Å². The summed E-state index contributed by atoms with van der Waals surface area (Å²) in [6.07, 6.45) is 2.92. The van der Waals surface area contributed by atoms with E-state index in [0.717, 1.165) is 41.5 Å². The van der Waals surface area contributed by atoms with Crippen molar-refractivity contribution < 1.29 is 18.6 Å². The highest BCUT2D eigenvalue weighted by Crippen LogP contribution is 2.35. The standard InChI is InChI=1S/C16H21BrF2O2/c1-11-14(17)3-2-4-15(11)21-13-7-5-12(6-8-13)9-16(18,19)10-20/h2-4,12-13,20H,5-10H2,1H3/t12-,13-. The first-order chi connectivity index (χ1) is 9.91. The lowest BCUT2D eigenvalue weighted by molar-refractivity contribution is -0.0731. The first kappa shape index (κ1) is 16.7. The fourth-order valence-corrected chi connectivity index (χ4v) is 3.18. The summed E-state index contributed by atoms with van der Waals surface area (Å²) >= 11 is 3.47. The molecule has 0 saturated heterocycles. The van der Waals surface area contributed by atoms with Crippen LogP contribution in [0.1, 0.15) is 37.7 Å². The van der Waals surface area contributed by atoms with E-state index >= 15 is 0 Å². The first-order valence-corrected chi connectivity index (χ1v) is 8.11. The summed E-state index contributed by atoms with van der Waals surface area (Å²) in [6.45, 7) is 0.938. The normalized spacial score (nSPS) is 23.1. The van der Waals surface area contributed by atoms with Crippen LogP contribution in [0.25, 0.3) is 0 Å². The van der Waals surface area contributed by atoms with Gasteiger partial charge in [0.05, 0.1) is 6.10 Å². The van der Waals surface area contributed by atoms with Crippen LogP contribution in [0, 0.1) is 12.8 Å². The Kier molecular flexibility index (Phi) is 5.60. The summed E-state index contributed by atoms with van der Waals surface area (Å²) in [4.78, 5) is 0. The summed E-state index contributed by atoms with van der Waals surface area (Å²) in [5.41, 5.74) is 1.06.